The topological polar surface area (TPSA) is 20.2 Å². The predicted molar refractivity (Wildman–Crippen MR) is 60.3 cm³/mol. The fraction of sp³-hybridized carbons (Fsp3) is 0.333. The highest BCUT2D eigenvalue weighted by atomic mass is 79.9. The molecule has 1 heterocycles. The molecule has 1 N–H and O–H groups in total. The van der Waals surface area contributed by atoms with Gasteiger partial charge in [0.05, 0.1) is 6.10 Å². The Morgan fingerprint density at radius 3 is 3.08 bits per heavy atom. The van der Waals surface area contributed by atoms with Crippen LogP contribution in [0, 0.1) is 0 Å². The van der Waals surface area contributed by atoms with Gasteiger partial charge in [0.25, 0.3) is 0 Å². The van der Waals surface area contributed by atoms with Crippen LogP contribution in [0.15, 0.2) is 16.6 Å². The van der Waals surface area contributed by atoms with Crippen molar-refractivity contribution in [2.45, 2.75) is 11.9 Å². The first-order valence-corrected chi connectivity index (χ1v) is 6.24. The Balaban J connectivity index is 2.56. The van der Waals surface area contributed by atoms with Gasteiger partial charge in [-0.3, -0.25) is 0 Å². The van der Waals surface area contributed by atoms with Crippen molar-refractivity contribution in [3.63, 3.8) is 0 Å². The van der Waals surface area contributed by atoms with Crippen molar-refractivity contribution in [1.29, 1.82) is 0 Å². The molecule has 0 radical (unpaired) electrons. The van der Waals surface area contributed by atoms with E-state index >= 15 is 0 Å². The van der Waals surface area contributed by atoms with Crippen molar-refractivity contribution in [2.75, 3.05) is 5.75 Å². The molecule has 0 fully saturated rings. The molecule has 70 valence electrons. The number of fused-ring (bicyclic) bond motifs is 1. The molecule has 13 heavy (non-hydrogen) atoms. The summed E-state index contributed by atoms with van der Waals surface area (Å²) in [6, 6.07) is 3.82. The van der Waals surface area contributed by atoms with Gasteiger partial charge >= 0.3 is 0 Å². The maximum Gasteiger partial charge on any atom is 0.0884 e. The molecular weight excluding hydrogens is 272 g/mol. The highest BCUT2D eigenvalue weighted by Gasteiger charge is 2.20. The third-order valence-electron chi connectivity index (χ3n) is 2.08. The van der Waals surface area contributed by atoms with Crippen LogP contribution in [0.3, 0.4) is 0 Å². The monoisotopic (exact) mass is 278 g/mol. The van der Waals surface area contributed by atoms with E-state index in [-0.39, 0.29) is 6.10 Å². The fourth-order valence-electron chi connectivity index (χ4n) is 1.44. The molecule has 0 bridgehead atoms. The first kappa shape index (κ1) is 9.84. The normalized spacial score (nSPS) is 21.3. The molecule has 1 aromatic carbocycles. The van der Waals surface area contributed by atoms with Crippen molar-refractivity contribution in [3.05, 3.63) is 32.8 Å². The highest BCUT2D eigenvalue weighted by Crippen LogP contribution is 2.37. The van der Waals surface area contributed by atoms with E-state index in [4.69, 9.17) is 11.6 Å². The minimum Gasteiger partial charge on any atom is -0.388 e. The van der Waals surface area contributed by atoms with E-state index in [9.17, 15) is 5.11 Å². The fourth-order valence-corrected chi connectivity index (χ4v) is 3.46. The first-order chi connectivity index (χ1) is 6.18. The predicted octanol–water partition coefficient (Wildman–Crippen LogP) is 3.38. The number of hydrogen-bond acceptors (Lipinski definition) is 2. The van der Waals surface area contributed by atoms with Crippen molar-refractivity contribution in [2.24, 2.45) is 0 Å². The third kappa shape index (κ3) is 1.89. The molecule has 2 rings (SSSR count). The van der Waals surface area contributed by atoms with E-state index in [0.29, 0.717) is 0 Å². The van der Waals surface area contributed by atoms with Gasteiger partial charge in [-0.05, 0) is 23.3 Å². The second-order valence-electron chi connectivity index (χ2n) is 2.99. The maximum atomic E-state index is 9.71. The van der Waals surface area contributed by atoms with E-state index in [1.54, 1.807) is 11.8 Å². The Labute approximate surface area is 94.6 Å². The molecule has 0 saturated carbocycles. The van der Waals surface area contributed by atoms with Crippen LogP contribution in [-0.4, -0.2) is 10.9 Å². The lowest BCUT2D eigenvalue weighted by Crippen LogP contribution is -2.10. The molecule has 0 unspecified atom stereocenters. The molecule has 0 aliphatic carbocycles. The molecule has 0 saturated heterocycles. The third-order valence-corrected chi connectivity index (χ3v) is 3.92. The zero-order valence-electron chi connectivity index (χ0n) is 6.76. The van der Waals surface area contributed by atoms with Crippen molar-refractivity contribution >= 4 is 39.3 Å². The number of aliphatic hydroxyl groups excluding tert-OH is 1. The van der Waals surface area contributed by atoms with Crippen molar-refractivity contribution < 1.29 is 5.11 Å². The molecule has 1 atom stereocenters. The quantitative estimate of drug-likeness (QED) is 0.785. The van der Waals surface area contributed by atoms with Crippen LogP contribution in [-0.2, 0) is 5.75 Å². The molecular formula is C9H8BrClOS. The van der Waals surface area contributed by atoms with Gasteiger partial charge < -0.3 is 5.11 Å². The zero-order chi connectivity index (χ0) is 9.42. The summed E-state index contributed by atoms with van der Waals surface area (Å²) in [6.07, 6.45) is -0.372. The number of benzene rings is 1. The smallest absolute Gasteiger partial charge is 0.0884 e. The Morgan fingerprint density at radius 2 is 2.31 bits per heavy atom. The lowest BCUT2D eigenvalue weighted by Gasteiger charge is -2.22. The van der Waals surface area contributed by atoms with Gasteiger partial charge in [0, 0.05) is 21.0 Å². The molecule has 1 aliphatic heterocycles. The van der Waals surface area contributed by atoms with Crippen LogP contribution in [0.25, 0.3) is 0 Å². The van der Waals surface area contributed by atoms with Gasteiger partial charge in [0.2, 0.25) is 0 Å². The second kappa shape index (κ2) is 3.81. The Bertz CT molecular complexity index is 343. The SMILES string of the molecule is O[C@H]1CSCc2c(Cl)cc(Br)cc21. The summed E-state index contributed by atoms with van der Waals surface area (Å²) in [6.45, 7) is 0. The summed E-state index contributed by atoms with van der Waals surface area (Å²) in [5.74, 6) is 1.66. The van der Waals surface area contributed by atoms with Gasteiger partial charge in [-0.15, -0.1) is 0 Å². The summed E-state index contributed by atoms with van der Waals surface area (Å²) in [5.41, 5.74) is 2.05. The molecule has 0 spiro atoms. The summed E-state index contributed by atoms with van der Waals surface area (Å²) < 4.78 is 0.933. The van der Waals surface area contributed by atoms with Crippen LogP contribution in [0.4, 0.5) is 0 Å². The minimum atomic E-state index is -0.372. The van der Waals surface area contributed by atoms with Gasteiger partial charge in [-0.25, -0.2) is 0 Å². The summed E-state index contributed by atoms with van der Waals surface area (Å²) >= 11 is 11.1. The number of rotatable bonds is 0. The van der Waals surface area contributed by atoms with Crippen LogP contribution in [0.1, 0.15) is 17.2 Å². The number of aliphatic hydroxyl groups is 1. The van der Waals surface area contributed by atoms with Gasteiger partial charge in [-0.2, -0.15) is 11.8 Å². The minimum absolute atomic E-state index is 0.372. The van der Waals surface area contributed by atoms with Gasteiger partial charge in [0.1, 0.15) is 0 Å². The van der Waals surface area contributed by atoms with Gasteiger partial charge in [0.15, 0.2) is 0 Å². The Hall–Kier alpha value is 0.300. The highest BCUT2D eigenvalue weighted by molar-refractivity contribution is 9.10. The standard InChI is InChI=1S/C9H8BrClOS/c10-5-1-6-7(8(11)2-5)3-13-4-9(6)12/h1-2,9,12H,3-4H2/t9-/m0/s1. The van der Waals surface area contributed by atoms with E-state index in [1.807, 2.05) is 12.1 Å². The van der Waals surface area contributed by atoms with Crippen molar-refractivity contribution in [3.8, 4) is 0 Å². The van der Waals surface area contributed by atoms with Crippen LogP contribution >= 0.6 is 39.3 Å². The average molecular weight is 280 g/mol. The molecule has 1 aromatic rings. The van der Waals surface area contributed by atoms with Crippen LogP contribution in [0.5, 0.6) is 0 Å². The number of hydrogen-bond donors (Lipinski definition) is 1. The van der Waals surface area contributed by atoms with Crippen LogP contribution < -0.4 is 0 Å². The molecule has 0 aromatic heterocycles. The van der Waals surface area contributed by atoms with E-state index in [2.05, 4.69) is 15.9 Å². The van der Waals surface area contributed by atoms with E-state index in [1.165, 1.54) is 0 Å². The largest absolute Gasteiger partial charge is 0.388 e. The molecule has 4 heteroatoms. The van der Waals surface area contributed by atoms with E-state index < -0.39 is 0 Å². The number of thioether (sulfide) groups is 1. The van der Waals surface area contributed by atoms with Crippen LogP contribution in [0.2, 0.25) is 5.02 Å². The lowest BCUT2D eigenvalue weighted by atomic mass is 10.0. The second-order valence-corrected chi connectivity index (χ2v) is 5.34. The number of halogens is 2. The summed E-state index contributed by atoms with van der Waals surface area (Å²) in [4.78, 5) is 0. The first-order valence-electron chi connectivity index (χ1n) is 3.92. The summed E-state index contributed by atoms with van der Waals surface area (Å²) in [5, 5.41) is 10.5. The Morgan fingerprint density at radius 1 is 1.54 bits per heavy atom. The summed E-state index contributed by atoms with van der Waals surface area (Å²) in [7, 11) is 0. The Kier molecular flexibility index (Phi) is 2.88. The molecule has 0 amide bonds. The van der Waals surface area contributed by atoms with Gasteiger partial charge in [-0.1, -0.05) is 27.5 Å². The lowest BCUT2D eigenvalue weighted by molar-refractivity contribution is 0.201. The zero-order valence-corrected chi connectivity index (χ0v) is 9.92. The molecule has 1 aliphatic rings. The van der Waals surface area contributed by atoms with E-state index in [0.717, 1.165) is 32.1 Å². The van der Waals surface area contributed by atoms with Crippen molar-refractivity contribution in [1.82, 2.24) is 0 Å². The molecule has 1 nitrogen and oxygen atoms in total. The maximum absolute atomic E-state index is 9.71. The average Bonchev–Trinajstić information content (AvgIpc) is 2.07.